The summed E-state index contributed by atoms with van der Waals surface area (Å²) in [7, 11) is 2.85. The molecule has 0 spiro atoms. The molecule has 0 atom stereocenters. The minimum Gasteiger partial charge on any atom is -0.493 e. The summed E-state index contributed by atoms with van der Waals surface area (Å²) in [6.07, 6.45) is 0.686. The minimum atomic E-state index is -0.425. The number of fused-ring (bicyclic) bond motifs is 1. The molecule has 2 rings (SSSR count). The van der Waals surface area contributed by atoms with Crippen LogP contribution in [0.4, 0.5) is 0 Å². The second-order valence-electron chi connectivity index (χ2n) is 3.48. The zero-order chi connectivity index (χ0) is 12.4. The van der Waals surface area contributed by atoms with E-state index in [1.165, 1.54) is 14.2 Å². The molecule has 2 aromatic rings. The lowest BCUT2D eigenvalue weighted by atomic mass is 10.2. The summed E-state index contributed by atoms with van der Waals surface area (Å²) >= 11 is 0. The first-order valence-electron chi connectivity index (χ1n) is 5.25. The number of aromatic nitrogens is 1. The van der Waals surface area contributed by atoms with E-state index in [-0.39, 0.29) is 0 Å². The van der Waals surface area contributed by atoms with Gasteiger partial charge in [-0.1, -0.05) is 6.92 Å². The second kappa shape index (κ2) is 4.45. The highest BCUT2D eigenvalue weighted by molar-refractivity contribution is 5.95. The van der Waals surface area contributed by atoms with Gasteiger partial charge in [0.2, 0.25) is 0 Å². The molecule has 1 heterocycles. The molecule has 0 aliphatic heterocycles. The van der Waals surface area contributed by atoms with Crippen molar-refractivity contribution in [2.75, 3.05) is 14.2 Å². The summed E-state index contributed by atoms with van der Waals surface area (Å²) in [6, 6.07) is 3.21. The number of carbonyl (C=O) groups is 1. The lowest BCUT2D eigenvalue weighted by Crippen LogP contribution is -2.01. The molecule has 5 nitrogen and oxygen atoms in total. The third kappa shape index (κ3) is 1.95. The van der Waals surface area contributed by atoms with Crippen LogP contribution in [0.25, 0.3) is 11.1 Å². The van der Waals surface area contributed by atoms with E-state index < -0.39 is 5.97 Å². The molecule has 17 heavy (non-hydrogen) atoms. The van der Waals surface area contributed by atoms with E-state index in [1.807, 2.05) is 6.92 Å². The van der Waals surface area contributed by atoms with Crippen LogP contribution in [-0.2, 0) is 11.2 Å². The molecule has 0 fully saturated rings. The molecule has 1 aromatic carbocycles. The summed E-state index contributed by atoms with van der Waals surface area (Å²) in [5.41, 5.74) is 1.55. The molecule has 0 saturated heterocycles. The van der Waals surface area contributed by atoms with Crippen molar-refractivity contribution in [2.24, 2.45) is 0 Å². The number of hydrogen-bond acceptors (Lipinski definition) is 5. The third-order valence-corrected chi connectivity index (χ3v) is 2.44. The number of methoxy groups -OCH3 is 2. The normalized spacial score (nSPS) is 10.5. The average Bonchev–Trinajstić information content (AvgIpc) is 2.79. The van der Waals surface area contributed by atoms with Crippen LogP contribution in [0.3, 0.4) is 0 Å². The molecule has 0 aliphatic rings. The van der Waals surface area contributed by atoms with Gasteiger partial charge in [0.15, 0.2) is 17.2 Å². The Balaban J connectivity index is 2.64. The first-order valence-corrected chi connectivity index (χ1v) is 5.25. The third-order valence-electron chi connectivity index (χ3n) is 2.44. The maximum Gasteiger partial charge on any atom is 0.338 e. The highest BCUT2D eigenvalue weighted by Gasteiger charge is 2.15. The molecular weight excluding hydrogens is 222 g/mol. The summed E-state index contributed by atoms with van der Waals surface area (Å²) in [4.78, 5) is 15.7. The largest absolute Gasteiger partial charge is 0.493 e. The van der Waals surface area contributed by atoms with Gasteiger partial charge in [0, 0.05) is 6.42 Å². The van der Waals surface area contributed by atoms with E-state index in [2.05, 4.69) is 9.72 Å². The molecule has 0 aliphatic carbocycles. The van der Waals surface area contributed by atoms with Gasteiger partial charge in [-0.3, -0.25) is 0 Å². The number of nitrogens with zero attached hydrogens (tertiary/aromatic N) is 1. The Morgan fingerprint density at radius 1 is 1.41 bits per heavy atom. The Labute approximate surface area is 98.3 Å². The van der Waals surface area contributed by atoms with Crippen LogP contribution in [0.1, 0.15) is 23.2 Å². The van der Waals surface area contributed by atoms with Crippen LogP contribution < -0.4 is 4.74 Å². The first kappa shape index (κ1) is 11.4. The molecule has 1 aromatic heterocycles. The smallest absolute Gasteiger partial charge is 0.338 e. The van der Waals surface area contributed by atoms with Crippen LogP contribution in [0.2, 0.25) is 0 Å². The van der Waals surface area contributed by atoms with E-state index in [0.717, 1.165) is 0 Å². The number of aryl methyl sites for hydroxylation is 1. The fourth-order valence-electron chi connectivity index (χ4n) is 1.59. The fourth-order valence-corrected chi connectivity index (χ4v) is 1.59. The van der Waals surface area contributed by atoms with Gasteiger partial charge in [-0.25, -0.2) is 9.78 Å². The number of oxazole rings is 1. The van der Waals surface area contributed by atoms with Gasteiger partial charge in [0.05, 0.1) is 19.8 Å². The Bertz CT molecular complexity index is 559. The standard InChI is InChI=1S/C12H13NO4/c1-4-10-13-8-5-7(12(14)16-3)6-9(15-2)11(8)17-10/h5-6H,4H2,1-3H3. The van der Waals surface area contributed by atoms with Gasteiger partial charge in [-0.2, -0.15) is 0 Å². The van der Waals surface area contributed by atoms with Crippen molar-refractivity contribution < 1.29 is 18.7 Å². The molecule has 0 amide bonds. The predicted octanol–water partition coefficient (Wildman–Crippen LogP) is 2.19. The lowest BCUT2D eigenvalue weighted by Gasteiger charge is -2.03. The van der Waals surface area contributed by atoms with Crippen LogP contribution in [0.5, 0.6) is 5.75 Å². The van der Waals surface area contributed by atoms with E-state index in [1.54, 1.807) is 12.1 Å². The Morgan fingerprint density at radius 3 is 2.76 bits per heavy atom. The van der Waals surface area contributed by atoms with Crippen molar-refractivity contribution in [3.8, 4) is 5.75 Å². The van der Waals surface area contributed by atoms with Gasteiger partial charge in [-0.05, 0) is 12.1 Å². The van der Waals surface area contributed by atoms with E-state index in [9.17, 15) is 4.79 Å². The number of benzene rings is 1. The van der Waals surface area contributed by atoms with Crippen LogP contribution in [-0.4, -0.2) is 25.2 Å². The summed E-state index contributed by atoms with van der Waals surface area (Å²) in [6.45, 7) is 1.94. The molecule has 0 N–H and O–H groups in total. The van der Waals surface area contributed by atoms with Gasteiger partial charge < -0.3 is 13.9 Å². The van der Waals surface area contributed by atoms with Gasteiger partial charge in [-0.15, -0.1) is 0 Å². The predicted molar refractivity (Wildman–Crippen MR) is 61.3 cm³/mol. The van der Waals surface area contributed by atoms with E-state index in [4.69, 9.17) is 9.15 Å². The molecule has 0 saturated carbocycles. The van der Waals surface area contributed by atoms with Crippen molar-refractivity contribution in [1.29, 1.82) is 0 Å². The highest BCUT2D eigenvalue weighted by Crippen LogP contribution is 2.28. The average molecular weight is 235 g/mol. The van der Waals surface area contributed by atoms with Gasteiger partial charge in [0.25, 0.3) is 0 Å². The molecule has 0 radical (unpaired) electrons. The lowest BCUT2D eigenvalue weighted by molar-refractivity contribution is 0.0600. The summed E-state index contributed by atoms with van der Waals surface area (Å²) < 4.78 is 15.4. The molecule has 90 valence electrons. The zero-order valence-electron chi connectivity index (χ0n) is 9.94. The van der Waals surface area contributed by atoms with E-state index in [0.29, 0.717) is 34.7 Å². The number of rotatable bonds is 3. The number of esters is 1. The van der Waals surface area contributed by atoms with E-state index >= 15 is 0 Å². The number of carbonyl (C=O) groups excluding carboxylic acids is 1. The highest BCUT2D eigenvalue weighted by atomic mass is 16.5. The van der Waals surface area contributed by atoms with Gasteiger partial charge in [0.1, 0.15) is 5.52 Å². The molecule has 0 bridgehead atoms. The minimum absolute atomic E-state index is 0.396. The Hall–Kier alpha value is -2.04. The van der Waals surface area contributed by atoms with Gasteiger partial charge >= 0.3 is 5.97 Å². The molecule has 0 unspecified atom stereocenters. The van der Waals surface area contributed by atoms with Crippen molar-refractivity contribution in [3.05, 3.63) is 23.6 Å². The second-order valence-corrected chi connectivity index (χ2v) is 3.48. The Kier molecular flexibility index (Phi) is 2.99. The summed E-state index contributed by atoms with van der Waals surface area (Å²) in [5, 5.41) is 0. The van der Waals surface area contributed by atoms with Crippen LogP contribution in [0.15, 0.2) is 16.5 Å². The maximum atomic E-state index is 11.5. The number of ether oxygens (including phenoxy) is 2. The fraction of sp³-hybridized carbons (Fsp3) is 0.333. The van der Waals surface area contributed by atoms with Crippen molar-refractivity contribution in [2.45, 2.75) is 13.3 Å². The molecule has 5 heteroatoms. The van der Waals surface area contributed by atoms with Crippen LogP contribution >= 0.6 is 0 Å². The van der Waals surface area contributed by atoms with Crippen molar-refractivity contribution >= 4 is 17.1 Å². The Morgan fingerprint density at radius 2 is 2.18 bits per heavy atom. The first-order chi connectivity index (χ1) is 8.19. The van der Waals surface area contributed by atoms with Crippen molar-refractivity contribution in [1.82, 2.24) is 4.98 Å². The van der Waals surface area contributed by atoms with Crippen LogP contribution in [0, 0.1) is 0 Å². The quantitative estimate of drug-likeness (QED) is 0.763. The maximum absolute atomic E-state index is 11.5. The topological polar surface area (TPSA) is 61.6 Å². The summed E-state index contributed by atoms with van der Waals surface area (Å²) in [5.74, 6) is 0.668. The number of hydrogen-bond donors (Lipinski definition) is 0. The SMILES string of the molecule is CCc1nc2cc(C(=O)OC)cc(OC)c2o1. The monoisotopic (exact) mass is 235 g/mol. The van der Waals surface area contributed by atoms with Crippen molar-refractivity contribution in [3.63, 3.8) is 0 Å². The zero-order valence-corrected chi connectivity index (χ0v) is 9.94. The molecular formula is C12H13NO4.